The van der Waals surface area contributed by atoms with E-state index in [9.17, 15) is 14.0 Å². The van der Waals surface area contributed by atoms with Crippen LogP contribution in [0.1, 0.15) is 44.3 Å². The van der Waals surface area contributed by atoms with Gasteiger partial charge in [-0.2, -0.15) is 0 Å². The highest BCUT2D eigenvalue weighted by Gasteiger charge is 2.27. The first-order chi connectivity index (χ1) is 15.9. The Hall–Kier alpha value is -3.43. The number of anilines is 1. The van der Waals surface area contributed by atoms with Crippen molar-refractivity contribution in [2.75, 3.05) is 25.5 Å². The molecule has 2 aliphatic heterocycles. The average Bonchev–Trinajstić information content (AvgIpc) is 3.36. The van der Waals surface area contributed by atoms with Gasteiger partial charge in [-0.05, 0) is 50.7 Å². The lowest BCUT2D eigenvalue weighted by atomic mass is 9.91. The van der Waals surface area contributed by atoms with Gasteiger partial charge < -0.3 is 20.9 Å². The van der Waals surface area contributed by atoms with Crippen molar-refractivity contribution < 1.29 is 14.0 Å². The van der Waals surface area contributed by atoms with E-state index in [1.807, 2.05) is 4.90 Å². The van der Waals surface area contributed by atoms with Gasteiger partial charge in [-0.25, -0.2) is 23.9 Å². The second kappa shape index (κ2) is 10.0. The van der Waals surface area contributed by atoms with Gasteiger partial charge in [0, 0.05) is 49.7 Å². The topological polar surface area (TPSA) is 102 Å². The quantitative estimate of drug-likeness (QED) is 0.647. The number of rotatable bonds is 4. The molecule has 4 rings (SSSR count). The zero-order valence-corrected chi connectivity index (χ0v) is 18.8. The number of allylic oxidation sites excluding steroid dienone is 3. The van der Waals surface area contributed by atoms with E-state index < -0.39 is 5.82 Å². The van der Waals surface area contributed by atoms with Crippen molar-refractivity contribution >= 4 is 23.5 Å². The molecule has 10 heteroatoms. The Morgan fingerprint density at radius 3 is 2.64 bits per heavy atom. The second-order valence-electron chi connectivity index (χ2n) is 8.57. The maximum atomic E-state index is 14.5. The Morgan fingerprint density at radius 2 is 1.88 bits per heavy atom. The van der Waals surface area contributed by atoms with Crippen LogP contribution >= 0.6 is 0 Å². The van der Waals surface area contributed by atoms with Crippen LogP contribution in [0.4, 0.5) is 19.8 Å². The number of hydrogen-bond donors (Lipinski definition) is 3. The fourth-order valence-corrected chi connectivity index (χ4v) is 4.41. The predicted molar refractivity (Wildman–Crippen MR) is 124 cm³/mol. The van der Waals surface area contributed by atoms with Crippen molar-refractivity contribution in [1.29, 1.82) is 0 Å². The van der Waals surface area contributed by atoms with E-state index in [0.29, 0.717) is 23.5 Å². The number of hydrogen-bond acceptors (Lipinski definition) is 5. The molecule has 9 nitrogen and oxygen atoms in total. The number of aromatic nitrogens is 2. The minimum atomic E-state index is -0.546. The van der Waals surface area contributed by atoms with Gasteiger partial charge in [-0.1, -0.05) is 6.58 Å². The highest BCUT2D eigenvalue weighted by molar-refractivity contribution is 5.83. The molecule has 1 saturated carbocycles. The van der Waals surface area contributed by atoms with Gasteiger partial charge in [-0.15, -0.1) is 0 Å². The third-order valence-electron chi connectivity index (χ3n) is 6.20. The Balaban J connectivity index is 1.43. The minimum absolute atomic E-state index is 0.00747. The third-order valence-corrected chi connectivity index (χ3v) is 6.20. The number of likely N-dealkylation sites (tertiary alicyclic amines) is 1. The van der Waals surface area contributed by atoms with Crippen LogP contribution in [-0.2, 0) is 0 Å². The Labute approximate surface area is 192 Å². The molecule has 1 saturated heterocycles. The van der Waals surface area contributed by atoms with Gasteiger partial charge in [-0.3, -0.25) is 4.90 Å². The number of nitrogens with one attached hydrogen (secondary N) is 3. The zero-order valence-electron chi connectivity index (χ0n) is 18.8. The summed E-state index contributed by atoms with van der Waals surface area (Å²) in [4.78, 5) is 36.2. The molecule has 0 bridgehead atoms. The molecule has 1 aliphatic carbocycles. The summed E-state index contributed by atoms with van der Waals surface area (Å²) in [7, 11) is 1.53. The molecular formula is C23H30FN7O2. The molecule has 176 valence electrons. The molecule has 0 unspecified atom stereocenters. The van der Waals surface area contributed by atoms with E-state index in [-0.39, 0.29) is 30.0 Å². The van der Waals surface area contributed by atoms with Gasteiger partial charge in [0.25, 0.3) is 0 Å². The normalized spacial score (nSPS) is 22.7. The van der Waals surface area contributed by atoms with Gasteiger partial charge in [0.1, 0.15) is 0 Å². The van der Waals surface area contributed by atoms with Crippen LogP contribution in [0.25, 0.3) is 5.57 Å². The molecule has 3 heterocycles. The third kappa shape index (κ3) is 5.32. The highest BCUT2D eigenvalue weighted by Crippen LogP contribution is 2.26. The van der Waals surface area contributed by atoms with E-state index in [1.54, 1.807) is 18.4 Å². The Morgan fingerprint density at radius 1 is 1.12 bits per heavy atom. The van der Waals surface area contributed by atoms with Crippen molar-refractivity contribution in [2.45, 2.75) is 50.6 Å². The summed E-state index contributed by atoms with van der Waals surface area (Å²) in [5.74, 6) is -0.136. The standard InChI is InChI=1S/C23H30FN7O2/c1-15-8-9-16(14-31(15)22(32)25-2)20-26-13-19(24)21(29-20)27-17-6-5-7-18(12-17)28-23(33)30-10-3-4-11-30/h8-9,13-14,17-18H,1,3-7,10-12H2,2H3,(H,25,32)(H,28,33)(H,26,27,29)/t17-,18+/m0/s1. The molecule has 3 aliphatic rings. The van der Waals surface area contributed by atoms with Crippen molar-refractivity contribution in [3.05, 3.63) is 48.5 Å². The fourth-order valence-electron chi connectivity index (χ4n) is 4.41. The van der Waals surface area contributed by atoms with E-state index >= 15 is 0 Å². The Kier molecular flexibility index (Phi) is 6.90. The number of nitrogens with zero attached hydrogens (tertiary/aromatic N) is 4. The first-order valence-electron chi connectivity index (χ1n) is 11.4. The molecule has 2 fully saturated rings. The summed E-state index contributed by atoms with van der Waals surface area (Å²) in [6, 6.07) is -0.318. The van der Waals surface area contributed by atoms with Crippen molar-refractivity contribution in [2.24, 2.45) is 0 Å². The number of carbonyl (C=O) groups excluding carboxylic acids is 2. The smallest absolute Gasteiger partial charge is 0.325 e. The summed E-state index contributed by atoms with van der Waals surface area (Å²) in [5.41, 5.74) is 1.07. The lowest BCUT2D eigenvalue weighted by Crippen LogP contribution is -2.47. The molecule has 0 radical (unpaired) electrons. The lowest BCUT2D eigenvalue weighted by molar-refractivity contribution is 0.199. The first kappa shape index (κ1) is 22.8. The molecule has 2 atom stereocenters. The largest absolute Gasteiger partial charge is 0.365 e. The molecule has 3 N–H and O–H groups in total. The van der Waals surface area contributed by atoms with E-state index in [2.05, 4.69) is 32.5 Å². The molecule has 4 amide bonds. The maximum Gasteiger partial charge on any atom is 0.325 e. The van der Waals surface area contributed by atoms with Crippen molar-refractivity contribution in [1.82, 2.24) is 30.4 Å². The van der Waals surface area contributed by atoms with Crippen molar-refractivity contribution in [3.8, 4) is 0 Å². The van der Waals surface area contributed by atoms with Gasteiger partial charge in [0.15, 0.2) is 17.5 Å². The molecule has 1 aromatic rings. The summed E-state index contributed by atoms with van der Waals surface area (Å²) in [6.07, 6.45) is 11.6. The molecule has 0 aromatic carbocycles. The molecule has 33 heavy (non-hydrogen) atoms. The van der Waals surface area contributed by atoms with Crippen LogP contribution < -0.4 is 16.0 Å². The predicted octanol–water partition coefficient (Wildman–Crippen LogP) is 3.21. The van der Waals surface area contributed by atoms with Gasteiger partial charge in [0.05, 0.1) is 6.20 Å². The van der Waals surface area contributed by atoms with E-state index in [1.165, 1.54) is 11.9 Å². The zero-order chi connectivity index (χ0) is 23.4. The fraction of sp³-hybridized carbons (Fsp3) is 0.478. The first-order valence-corrected chi connectivity index (χ1v) is 11.4. The minimum Gasteiger partial charge on any atom is -0.365 e. The van der Waals surface area contributed by atoms with Crippen LogP contribution in [0.2, 0.25) is 0 Å². The van der Waals surface area contributed by atoms with E-state index in [4.69, 9.17) is 0 Å². The number of amides is 4. The lowest BCUT2D eigenvalue weighted by Gasteiger charge is -2.32. The molecule has 0 spiro atoms. The summed E-state index contributed by atoms with van der Waals surface area (Å²) in [6.45, 7) is 5.46. The van der Waals surface area contributed by atoms with Crippen LogP contribution in [0.5, 0.6) is 0 Å². The number of halogens is 1. The van der Waals surface area contributed by atoms with E-state index in [0.717, 1.165) is 51.4 Å². The monoisotopic (exact) mass is 455 g/mol. The number of urea groups is 2. The van der Waals surface area contributed by atoms with Gasteiger partial charge in [0.2, 0.25) is 0 Å². The Bertz CT molecular complexity index is 987. The molecular weight excluding hydrogens is 425 g/mol. The summed E-state index contributed by atoms with van der Waals surface area (Å²) >= 11 is 0. The maximum absolute atomic E-state index is 14.5. The summed E-state index contributed by atoms with van der Waals surface area (Å²) in [5, 5.41) is 8.88. The van der Waals surface area contributed by atoms with Crippen LogP contribution in [0.3, 0.4) is 0 Å². The van der Waals surface area contributed by atoms with Crippen LogP contribution in [0.15, 0.2) is 36.8 Å². The van der Waals surface area contributed by atoms with Crippen LogP contribution in [0, 0.1) is 5.82 Å². The average molecular weight is 456 g/mol. The highest BCUT2D eigenvalue weighted by atomic mass is 19.1. The molecule has 1 aromatic heterocycles. The van der Waals surface area contributed by atoms with Crippen molar-refractivity contribution in [3.63, 3.8) is 0 Å². The SMILES string of the molecule is C=C1C=CC(c2ncc(F)c(N[C@H]3CCC[C@@H](NC(=O)N4CCCC4)C3)n2)=CN1C(=O)NC. The van der Waals surface area contributed by atoms with Gasteiger partial charge >= 0.3 is 12.1 Å². The second-order valence-corrected chi connectivity index (χ2v) is 8.57. The summed E-state index contributed by atoms with van der Waals surface area (Å²) < 4.78 is 14.5. The number of carbonyl (C=O) groups is 2. The van der Waals surface area contributed by atoms with Crippen LogP contribution in [-0.4, -0.2) is 64.1 Å².